The molecule has 4 fully saturated rings. The molecule has 0 saturated heterocycles. The van der Waals surface area contributed by atoms with Gasteiger partial charge in [-0.15, -0.1) is 5.41 Å². The number of hydrogen-bond donors (Lipinski definition) is 0. The monoisotopic (exact) mass is 426 g/mol. The second-order valence-electron chi connectivity index (χ2n) is 5.17. The van der Waals surface area contributed by atoms with Gasteiger partial charge in [-0.1, -0.05) is 0 Å². The van der Waals surface area contributed by atoms with Crippen LogP contribution in [0, 0.1) is 73.0 Å². The van der Waals surface area contributed by atoms with Crippen LogP contribution in [0.2, 0.25) is 0 Å². The molecule has 4 rings (SSSR count). The smallest absolute Gasteiger partial charge is 0.329 e. The van der Waals surface area contributed by atoms with Gasteiger partial charge in [0.15, 0.2) is 0 Å². The van der Waals surface area contributed by atoms with Gasteiger partial charge in [0.2, 0.25) is 0 Å². The molecule has 0 aromatic heterocycles. The zero-order valence-electron chi connectivity index (χ0n) is 8.40. The fourth-order valence-electron chi connectivity index (χ4n) is 3.81. The summed E-state index contributed by atoms with van der Waals surface area (Å²) in [7, 11) is 0. The van der Waals surface area contributed by atoms with Gasteiger partial charge in [0.05, 0.1) is 0 Å². The third-order valence-electron chi connectivity index (χ3n) is 4.61. The first-order valence-electron chi connectivity index (χ1n) is 5.52. The molecule has 0 aromatic carbocycles. The Balaban J connectivity index is 0.000000722. The Hall–Kier alpha value is 0.392. The molecular formula is C12H12O2U. The Bertz CT molecular complexity index is 365. The molecule has 4 saturated carbocycles. The summed E-state index contributed by atoms with van der Waals surface area (Å²) in [5.41, 5.74) is -0.285. The van der Waals surface area contributed by atoms with Crippen LogP contribution in [0.25, 0.3) is 0 Å². The number of ketones is 2. The number of carbonyl (C=O) groups is 2. The molecule has 15 heavy (non-hydrogen) atoms. The van der Waals surface area contributed by atoms with Crippen LogP contribution in [0.3, 0.4) is 0 Å². The maximum absolute atomic E-state index is 12.1. The molecule has 4 aliphatic carbocycles. The van der Waals surface area contributed by atoms with Crippen molar-refractivity contribution < 1.29 is 40.7 Å². The molecule has 0 radical (unpaired) electrons. The molecule has 76 valence electrons. The van der Waals surface area contributed by atoms with Crippen molar-refractivity contribution in [1.29, 1.82) is 0 Å². The quantitative estimate of drug-likeness (QED) is 0.546. The van der Waals surface area contributed by atoms with Gasteiger partial charge in [0.1, 0.15) is 11.6 Å². The van der Waals surface area contributed by atoms with Gasteiger partial charge in [-0.05, 0) is 12.3 Å². The standard InChI is InChI=1S/C12H12O2.U/c13-10-6-5-7(6)11(14)12-4-2-1-3-8(12)9(10)12;/h3-4,6-9H,1-2,5H2;/q-2;+2. The molecule has 0 N–H and O–H groups in total. The van der Waals surface area contributed by atoms with Crippen molar-refractivity contribution >= 4 is 11.6 Å². The minimum Gasteiger partial charge on any atom is -0.329 e. The molecule has 5 atom stereocenters. The number of Topliss-reactive ketones (excluding diaryl/α,β-unsaturated/α-hetero) is 2. The van der Waals surface area contributed by atoms with Gasteiger partial charge in [0, 0.05) is 11.8 Å². The zero-order valence-corrected chi connectivity index (χ0v) is 12.6. The third kappa shape index (κ3) is 1.03. The summed E-state index contributed by atoms with van der Waals surface area (Å²) >= 11 is 0. The first kappa shape index (κ1) is 10.5. The van der Waals surface area contributed by atoms with Crippen LogP contribution in [-0.2, 0) is 9.59 Å². The van der Waals surface area contributed by atoms with Crippen molar-refractivity contribution in [2.75, 3.05) is 0 Å². The van der Waals surface area contributed by atoms with Gasteiger partial charge in [0.25, 0.3) is 0 Å². The van der Waals surface area contributed by atoms with Crippen molar-refractivity contribution in [2.24, 2.45) is 29.1 Å². The Morgan fingerprint density at radius 3 is 2.80 bits per heavy atom. The van der Waals surface area contributed by atoms with Crippen LogP contribution in [0.1, 0.15) is 19.3 Å². The van der Waals surface area contributed by atoms with E-state index in [1.165, 1.54) is 0 Å². The molecule has 4 aliphatic rings. The summed E-state index contributed by atoms with van der Waals surface area (Å²) in [6, 6.07) is 0. The van der Waals surface area contributed by atoms with E-state index in [1.54, 1.807) is 0 Å². The first-order valence-corrected chi connectivity index (χ1v) is 5.52. The third-order valence-corrected chi connectivity index (χ3v) is 4.61. The molecule has 0 amide bonds. The van der Waals surface area contributed by atoms with Gasteiger partial charge in [-0.25, -0.2) is 12.8 Å². The average Bonchev–Trinajstić information content (AvgIpc) is 3.07. The summed E-state index contributed by atoms with van der Waals surface area (Å²) < 4.78 is 0. The fourth-order valence-corrected chi connectivity index (χ4v) is 3.81. The topological polar surface area (TPSA) is 34.1 Å². The van der Waals surface area contributed by atoms with Gasteiger partial charge >= 0.3 is 31.1 Å². The van der Waals surface area contributed by atoms with E-state index in [1.807, 2.05) is 0 Å². The minimum absolute atomic E-state index is 0. The summed E-state index contributed by atoms with van der Waals surface area (Å²) in [6.07, 6.45) is 7.26. The SMILES string of the molecule is O=C1C2CC2C(=O)C23[CH-]CC[CH-]C2C13.[U+2]. The number of fused-ring (bicyclic) bond motifs is 2. The Labute approximate surface area is 113 Å². The van der Waals surface area contributed by atoms with Crippen LogP contribution >= 0.6 is 0 Å². The zero-order chi connectivity index (χ0) is 9.50. The van der Waals surface area contributed by atoms with Crippen LogP contribution in [0.4, 0.5) is 0 Å². The van der Waals surface area contributed by atoms with Crippen LogP contribution in [-0.4, -0.2) is 11.6 Å². The molecule has 0 bridgehead atoms. The van der Waals surface area contributed by atoms with Gasteiger partial charge in [-0.3, -0.25) is 4.79 Å². The van der Waals surface area contributed by atoms with Crippen LogP contribution < -0.4 is 0 Å². The summed E-state index contributed by atoms with van der Waals surface area (Å²) in [5.74, 6) is 1.41. The molecule has 5 unspecified atom stereocenters. The van der Waals surface area contributed by atoms with Gasteiger partial charge in [-0.2, -0.15) is 5.92 Å². The number of carbonyl (C=O) groups excluding carboxylic acids is 2. The normalized spacial score (nSPS) is 54.7. The Morgan fingerprint density at radius 2 is 2.00 bits per heavy atom. The molecule has 1 spiro atoms. The van der Waals surface area contributed by atoms with E-state index in [0.717, 1.165) is 19.3 Å². The van der Waals surface area contributed by atoms with Crippen molar-refractivity contribution in [2.45, 2.75) is 19.3 Å². The van der Waals surface area contributed by atoms with Crippen LogP contribution in [0.5, 0.6) is 0 Å². The predicted molar refractivity (Wildman–Crippen MR) is 48.9 cm³/mol. The first-order chi connectivity index (χ1) is 6.77. The van der Waals surface area contributed by atoms with Crippen molar-refractivity contribution in [3.8, 4) is 0 Å². The second kappa shape index (κ2) is 2.99. The maximum atomic E-state index is 12.1. The van der Waals surface area contributed by atoms with E-state index in [-0.39, 0.29) is 54.3 Å². The minimum atomic E-state index is -0.285. The van der Waals surface area contributed by atoms with E-state index in [2.05, 4.69) is 12.8 Å². The number of hydrogen-bond acceptors (Lipinski definition) is 2. The number of rotatable bonds is 0. The average molecular weight is 426 g/mol. The second-order valence-corrected chi connectivity index (χ2v) is 5.17. The summed E-state index contributed by atoms with van der Waals surface area (Å²) in [4.78, 5) is 24.0. The Morgan fingerprint density at radius 1 is 1.20 bits per heavy atom. The van der Waals surface area contributed by atoms with Gasteiger partial charge < -0.3 is 17.6 Å². The summed E-state index contributed by atoms with van der Waals surface area (Å²) in [5, 5.41) is 0. The summed E-state index contributed by atoms with van der Waals surface area (Å²) in [6.45, 7) is 0. The largest absolute Gasteiger partial charge is 2.00 e. The van der Waals surface area contributed by atoms with Crippen molar-refractivity contribution in [1.82, 2.24) is 0 Å². The van der Waals surface area contributed by atoms with E-state index in [0.29, 0.717) is 17.5 Å². The van der Waals surface area contributed by atoms with Crippen molar-refractivity contribution in [3.05, 3.63) is 12.8 Å². The molecule has 0 aromatic rings. The van der Waals surface area contributed by atoms with E-state index >= 15 is 0 Å². The van der Waals surface area contributed by atoms with E-state index in [4.69, 9.17) is 0 Å². The fraction of sp³-hybridized carbons (Fsp3) is 0.667. The Kier molecular flexibility index (Phi) is 2.10. The molecule has 3 heteroatoms. The van der Waals surface area contributed by atoms with Crippen LogP contribution in [0.15, 0.2) is 0 Å². The molecule has 0 aliphatic heterocycles. The molecular weight excluding hydrogens is 414 g/mol. The molecule has 0 heterocycles. The van der Waals surface area contributed by atoms with E-state index in [9.17, 15) is 9.59 Å². The predicted octanol–water partition coefficient (Wildman–Crippen LogP) is 1.21. The van der Waals surface area contributed by atoms with Crippen molar-refractivity contribution in [3.63, 3.8) is 0 Å². The maximum Gasteiger partial charge on any atom is 2.00 e. The molecule has 2 nitrogen and oxygen atoms in total. The van der Waals surface area contributed by atoms with E-state index < -0.39 is 0 Å².